The lowest BCUT2D eigenvalue weighted by molar-refractivity contribution is 0.280. The van der Waals surface area contributed by atoms with Crippen LogP contribution < -0.4 is 0 Å². The lowest BCUT2D eigenvalue weighted by Crippen LogP contribution is -2.37. The van der Waals surface area contributed by atoms with Gasteiger partial charge in [0.2, 0.25) is 0 Å². The highest BCUT2D eigenvalue weighted by Gasteiger charge is 2.49. The molecule has 0 fully saturated rings. The second-order valence-corrected chi connectivity index (χ2v) is 13.6. The fraction of sp³-hybridized carbons (Fsp3) is 0.159. The van der Waals surface area contributed by atoms with Gasteiger partial charge in [0, 0.05) is 38.4 Å². The molecule has 8 aromatic rings. The molecule has 4 nitrogen and oxygen atoms in total. The van der Waals surface area contributed by atoms with Gasteiger partial charge < -0.3 is 4.42 Å². The van der Waals surface area contributed by atoms with Crippen LogP contribution in [-0.4, -0.2) is 15.0 Å². The van der Waals surface area contributed by atoms with Crippen molar-refractivity contribution >= 4 is 32.7 Å². The maximum Gasteiger partial charge on any atom is 0.164 e. The predicted molar refractivity (Wildman–Crippen MR) is 197 cm³/mol. The summed E-state index contributed by atoms with van der Waals surface area (Å²) in [6.07, 6.45) is 0. The number of furan rings is 1. The van der Waals surface area contributed by atoms with E-state index in [2.05, 4.69) is 125 Å². The van der Waals surface area contributed by atoms with Crippen LogP contribution in [0.15, 0.2) is 132 Å². The molecule has 0 amide bonds. The summed E-state index contributed by atoms with van der Waals surface area (Å²) in [5, 5.41) is 4.50. The van der Waals surface area contributed by atoms with Gasteiger partial charge in [-0.05, 0) is 57.5 Å². The second kappa shape index (κ2) is 10.7. The number of fused-ring (bicyclic) bond motifs is 8. The number of nitrogens with zero attached hydrogens (tertiary/aromatic N) is 3. The van der Waals surface area contributed by atoms with Crippen LogP contribution in [0.2, 0.25) is 0 Å². The molecular weight excluding hydrogens is 587 g/mol. The summed E-state index contributed by atoms with van der Waals surface area (Å²) in [6.45, 7) is 9.41. The average Bonchev–Trinajstić information content (AvgIpc) is 3.65. The molecule has 2 heterocycles. The minimum absolute atomic E-state index is 0.158. The van der Waals surface area contributed by atoms with E-state index in [4.69, 9.17) is 19.4 Å². The highest BCUT2D eigenvalue weighted by Crippen LogP contribution is 2.59. The molecule has 0 bridgehead atoms. The third-order valence-corrected chi connectivity index (χ3v) is 10.5. The Kier molecular flexibility index (Phi) is 6.38. The predicted octanol–water partition coefficient (Wildman–Crippen LogP) is 11.5. The van der Waals surface area contributed by atoms with Gasteiger partial charge >= 0.3 is 0 Å². The molecule has 0 aliphatic heterocycles. The van der Waals surface area contributed by atoms with Crippen LogP contribution in [0, 0.1) is 11.8 Å². The first-order valence-corrected chi connectivity index (χ1v) is 16.8. The zero-order chi connectivity index (χ0) is 32.6. The Morgan fingerprint density at radius 3 is 1.96 bits per heavy atom. The lowest BCUT2D eigenvalue weighted by atomic mass is 9.62. The van der Waals surface area contributed by atoms with Gasteiger partial charge in [-0.1, -0.05) is 137 Å². The molecular formula is C44H35N3O. The zero-order valence-corrected chi connectivity index (χ0v) is 27.5. The molecule has 0 N–H and O–H groups in total. The third kappa shape index (κ3) is 4.05. The Bertz CT molecular complexity index is 2510. The van der Waals surface area contributed by atoms with Crippen LogP contribution in [0.1, 0.15) is 38.8 Å². The Morgan fingerprint density at radius 1 is 0.500 bits per heavy atom. The van der Waals surface area contributed by atoms with Gasteiger partial charge in [-0.3, -0.25) is 0 Å². The van der Waals surface area contributed by atoms with Gasteiger partial charge in [0.1, 0.15) is 11.2 Å². The molecule has 232 valence electrons. The summed E-state index contributed by atoms with van der Waals surface area (Å²) in [5.74, 6) is 2.66. The summed E-state index contributed by atoms with van der Waals surface area (Å²) in [7, 11) is 0. The lowest BCUT2D eigenvalue weighted by Gasteiger charge is -2.40. The number of hydrogen-bond acceptors (Lipinski definition) is 4. The Labute approximate surface area is 280 Å². The van der Waals surface area contributed by atoms with Crippen LogP contribution in [-0.2, 0) is 5.41 Å². The minimum Gasteiger partial charge on any atom is -0.456 e. The smallest absolute Gasteiger partial charge is 0.164 e. The normalized spacial score (nSPS) is 13.5. The van der Waals surface area contributed by atoms with E-state index in [9.17, 15) is 0 Å². The fourth-order valence-electron chi connectivity index (χ4n) is 8.46. The first-order valence-electron chi connectivity index (χ1n) is 16.8. The summed E-state index contributed by atoms with van der Waals surface area (Å²) in [6, 6.07) is 44.6. The van der Waals surface area contributed by atoms with Gasteiger partial charge in [0.25, 0.3) is 0 Å². The monoisotopic (exact) mass is 621 g/mol. The third-order valence-electron chi connectivity index (χ3n) is 10.5. The SMILES string of the molecule is CC(C)C1(C(C)C)c2ccccc2-c2ccc3c(oc4cc(-c5nc(-c6ccccc6)nc(-c6cccc7ccccc67)n5)ccc43)c21. The molecule has 0 spiro atoms. The summed E-state index contributed by atoms with van der Waals surface area (Å²) in [4.78, 5) is 15.1. The quantitative estimate of drug-likeness (QED) is 0.192. The number of benzene rings is 6. The molecule has 0 unspecified atom stereocenters. The molecule has 1 aliphatic rings. The van der Waals surface area contributed by atoms with E-state index in [0.29, 0.717) is 29.3 Å². The zero-order valence-electron chi connectivity index (χ0n) is 27.5. The van der Waals surface area contributed by atoms with Crippen molar-refractivity contribution < 1.29 is 4.42 Å². The standard InChI is InChI=1S/C44H35N3O/c1-26(2)44(27(3)4)37-20-11-10-18-32(37)34-23-24-35-33-22-21-30(25-38(33)48-40(35)39(34)44)42-45-41(29-14-6-5-7-15-29)46-43(47-42)36-19-12-16-28-13-8-9-17-31(28)36/h5-27H,1-4H3. The van der Waals surface area contributed by atoms with Gasteiger partial charge in [-0.2, -0.15) is 0 Å². The molecule has 0 saturated heterocycles. The van der Waals surface area contributed by atoms with Gasteiger partial charge in [-0.15, -0.1) is 0 Å². The van der Waals surface area contributed by atoms with Crippen LogP contribution in [0.25, 0.3) is 78.0 Å². The van der Waals surface area contributed by atoms with Crippen molar-refractivity contribution in [3.63, 3.8) is 0 Å². The summed E-state index contributed by atoms with van der Waals surface area (Å²) < 4.78 is 6.96. The fourth-order valence-corrected chi connectivity index (χ4v) is 8.46. The van der Waals surface area contributed by atoms with E-state index < -0.39 is 0 Å². The van der Waals surface area contributed by atoms with Gasteiger partial charge in [0.05, 0.1) is 0 Å². The number of hydrogen-bond donors (Lipinski definition) is 0. The van der Waals surface area contributed by atoms with Crippen LogP contribution >= 0.6 is 0 Å². The van der Waals surface area contributed by atoms with Crippen molar-refractivity contribution in [2.24, 2.45) is 11.8 Å². The first kappa shape index (κ1) is 28.6. The first-order chi connectivity index (χ1) is 23.4. The molecule has 6 aromatic carbocycles. The van der Waals surface area contributed by atoms with E-state index in [1.54, 1.807) is 0 Å². The maximum absolute atomic E-state index is 6.96. The Balaban J connectivity index is 1.27. The second-order valence-electron chi connectivity index (χ2n) is 13.6. The van der Waals surface area contributed by atoms with E-state index in [0.717, 1.165) is 49.4 Å². The van der Waals surface area contributed by atoms with Crippen LogP contribution in [0.3, 0.4) is 0 Å². The van der Waals surface area contributed by atoms with Crippen LogP contribution in [0.5, 0.6) is 0 Å². The van der Waals surface area contributed by atoms with E-state index in [-0.39, 0.29) is 5.41 Å². The van der Waals surface area contributed by atoms with Gasteiger partial charge in [-0.25, -0.2) is 15.0 Å². The summed E-state index contributed by atoms with van der Waals surface area (Å²) >= 11 is 0. The average molecular weight is 622 g/mol. The number of rotatable bonds is 5. The molecule has 0 radical (unpaired) electrons. The largest absolute Gasteiger partial charge is 0.456 e. The van der Waals surface area contributed by atoms with Gasteiger partial charge in [0.15, 0.2) is 17.5 Å². The van der Waals surface area contributed by atoms with Crippen molar-refractivity contribution in [1.82, 2.24) is 15.0 Å². The molecule has 9 rings (SSSR count). The van der Waals surface area contributed by atoms with Crippen molar-refractivity contribution in [3.8, 4) is 45.3 Å². The van der Waals surface area contributed by atoms with E-state index in [1.807, 2.05) is 30.3 Å². The molecule has 4 heteroatoms. The minimum atomic E-state index is -0.158. The molecule has 0 atom stereocenters. The number of aromatic nitrogens is 3. The van der Waals surface area contributed by atoms with Crippen LogP contribution in [0.4, 0.5) is 0 Å². The Hall–Kier alpha value is -5.61. The van der Waals surface area contributed by atoms with Crippen molar-refractivity contribution in [2.75, 3.05) is 0 Å². The van der Waals surface area contributed by atoms with E-state index in [1.165, 1.54) is 22.3 Å². The molecule has 1 aliphatic carbocycles. The van der Waals surface area contributed by atoms with E-state index >= 15 is 0 Å². The molecule has 0 saturated carbocycles. The highest BCUT2D eigenvalue weighted by molar-refractivity contribution is 6.10. The van der Waals surface area contributed by atoms with Crippen molar-refractivity contribution in [3.05, 3.63) is 139 Å². The summed E-state index contributed by atoms with van der Waals surface area (Å²) in [5.41, 5.74) is 9.79. The Morgan fingerprint density at radius 2 is 1.15 bits per heavy atom. The highest BCUT2D eigenvalue weighted by atomic mass is 16.3. The maximum atomic E-state index is 6.96. The van der Waals surface area contributed by atoms with Crippen molar-refractivity contribution in [2.45, 2.75) is 33.1 Å². The molecule has 2 aromatic heterocycles. The van der Waals surface area contributed by atoms with Crippen molar-refractivity contribution in [1.29, 1.82) is 0 Å². The topological polar surface area (TPSA) is 51.8 Å². The molecule has 48 heavy (non-hydrogen) atoms.